The number of hydrogen-bond donors (Lipinski definition) is 1. The Balaban J connectivity index is 1.73. The van der Waals surface area contributed by atoms with E-state index in [1.54, 1.807) is 13.8 Å². The van der Waals surface area contributed by atoms with Gasteiger partial charge in [0.1, 0.15) is 11.2 Å². The van der Waals surface area contributed by atoms with Gasteiger partial charge in [0.15, 0.2) is 11.5 Å². The van der Waals surface area contributed by atoms with Gasteiger partial charge in [0.25, 0.3) is 0 Å². The van der Waals surface area contributed by atoms with Crippen molar-refractivity contribution in [1.29, 1.82) is 0 Å². The molecule has 2 atom stereocenters. The number of hydrogen-bond acceptors (Lipinski definition) is 3. The SMILES string of the molecule is CCc1nc2cc(C3c4[nH]c5ccccc5c4C[C@@H](C)N3CC(C)(C)F)cc(C)c2o1. The number of aryl methyl sites for hydroxylation is 2. The van der Waals surface area contributed by atoms with Crippen LogP contribution < -0.4 is 0 Å². The third kappa shape index (κ3) is 3.45. The molecule has 4 aromatic rings. The van der Waals surface area contributed by atoms with E-state index in [1.165, 1.54) is 16.6 Å². The van der Waals surface area contributed by atoms with Crippen LogP contribution in [-0.4, -0.2) is 33.1 Å². The summed E-state index contributed by atoms with van der Waals surface area (Å²) >= 11 is 0. The molecule has 3 heterocycles. The van der Waals surface area contributed by atoms with Crippen molar-refractivity contribution in [3.05, 3.63) is 64.7 Å². The highest BCUT2D eigenvalue weighted by Crippen LogP contribution is 2.42. The van der Waals surface area contributed by atoms with Crippen LogP contribution in [0, 0.1) is 6.92 Å². The maximum atomic E-state index is 14.9. The molecule has 162 valence electrons. The Morgan fingerprint density at radius 2 is 2.03 bits per heavy atom. The number of fused-ring (bicyclic) bond motifs is 4. The fourth-order valence-corrected chi connectivity index (χ4v) is 5.13. The molecule has 5 heteroatoms. The molecule has 4 nitrogen and oxygen atoms in total. The molecular formula is C26H30FN3O. The number of aromatic amines is 1. The van der Waals surface area contributed by atoms with Gasteiger partial charge >= 0.3 is 0 Å². The number of halogens is 1. The molecule has 1 aliphatic rings. The van der Waals surface area contributed by atoms with Crippen molar-refractivity contribution >= 4 is 22.0 Å². The van der Waals surface area contributed by atoms with Crippen molar-refractivity contribution < 1.29 is 8.81 Å². The highest BCUT2D eigenvalue weighted by molar-refractivity contribution is 5.85. The number of alkyl halides is 1. The maximum Gasteiger partial charge on any atom is 0.195 e. The van der Waals surface area contributed by atoms with E-state index >= 15 is 0 Å². The van der Waals surface area contributed by atoms with Crippen molar-refractivity contribution in [2.75, 3.05) is 6.54 Å². The van der Waals surface area contributed by atoms with E-state index in [4.69, 9.17) is 9.40 Å². The average molecular weight is 420 g/mol. The summed E-state index contributed by atoms with van der Waals surface area (Å²) < 4.78 is 20.9. The highest BCUT2D eigenvalue weighted by atomic mass is 19.1. The van der Waals surface area contributed by atoms with E-state index in [1.807, 2.05) is 6.92 Å². The Bertz CT molecular complexity index is 1260. The molecule has 31 heavy (non-hydrogen) atoms. The van der Waals surface area contributed by atoms with Crippen LogP contribution in [-0.2, 0) is 12.8 Å². The predicted molar refractivity (Wildman–Crippen MR) is 123 cm³/mol. The summed E-state index contributed by atoms with van der Waals surface area (Å²) in [5, 5.41) is 1.26. The number of rotatable bonds is 4. The van der Waals surface area contributed by atoms with Gasteiger partial charge in [-0.3, -0.25) is 4.90 Å². The number of H-pyrrole nitrogens is 1. The number of nitrogens with zero attached hydrogens (tertiary/aromatic N) is 2. The van der Waals surface area contributed by atoms with Gasteiger partial charge in [-0.05, 0) is 62.9 Å². The normalized spacial score (nSPS) is 19.9. The molecule has 1 aliphatic heterocycles. The molecule has 2 aromatic carbocycles. The third-order valence-electron chi connectivity index (χ3n) is 6.44. The van der Waals surface area contributed by atoms with E-state index in [-0.39, 0.29) is 12.1 Å². The molecule has 0 fully saturated rings. The second-order valence-corrected chi connectivity index (χ2v) is 9.56. The molecule has 1 unspecified atom stereocenters. The summed E-state index contributed by atoms with van der Waals surface area (Å²) in [7, 11) is 0. The maximum absolute atomic E-state index is 14.9. The van der Waals surface area contributed by atoms with E-state index < -0.39 is 5.67 Å². The van der Waals surface area contributed by atoms with Crippen LogP contribution in [0.4, 0.5) is 4.39 Å². The Kier molecular flexibility index (Phi) is 4.70. The molecule has 0 saturated carbocycles. The lowest BCUT2D eigenvalue weighted by atomic mass is 9.87. The van der Waals surface area contributed by atoms with Crippen LogP contribution in [0.5, 0.6) is 0 Å². The molecular weight excluding hydrogens is 389 g/mol. The van der Waals surface area contributed by atoms with E-state index in [9.17, 15) is 4.39 Å². The first-order valence-electron chi connectivity index (χ1n) is 11.2. The summed E-state index contributed by atoms with van der Waals surface area (Å²) in [6.07, 6.45) is 1.66. The minimum atomic E-state index is -1.29. The Hall–Kier alpha value is -2.66. The molecule has 0 radical (unpaired) electrons. The predicted octanol–water partition coefficient (Wildman–Crippen LogP) is 6.26. The van der Waals surface area contributed by atoms with E-state index in [2.05, 4.69) is 60.1 Å². The highest BCUT2D eigenvalue weighted by Gasteiger charge is 2.38. The Morgan fingerprint density at radius 1 is 1.26 bits per heavy atom. The zero-order chi connectivity index (χ0) is 21.9. The lowest BCUT2D eigenvalue weighted by Gasteiger charge is -2.43. The second-order valence-electron chi connectivity index (χ2n) is 9.56. The molecule has 5 rings (SSSR count). The lowest BCUT2D eigenvalue weighted by Crippen LogP contribution is -2.47. The van der Waals surface area contributed by atoms with Gasteiger partial charge in [-0.1, -0.05) is 31.2 Å². The quantitative estimate of drug-likeness (QED) is 0.424. The zero-order valence-electron chi connectivity index (χ0n) is 18.9. The van der Waals surface area contributed by atoms with Crippen LogP contribution in [0.25, 0.3) is 22.0 Å². The molecule has 2 aromatic heterocycles. The summed E-state index contributed by atoms with van der Waals surface area (Å²) in [4.78, 5) is 10.7. The number of benzene rings is 2. The average Bonchev–Trinajstić information content (AvgIpc) is 3.29. The third-order valence-corrected chi connectivity index (χ3v) is 6.44. The van der Waals surface area contributed by atoms with Gasteiger partial charge in [-0.2, -0.15) is 0 Å². The molecule has 0 saturated heterocycles. The van der Waals surface area contributed by atoms with Crippen LogP contribution in [0.3, 0.4) is 0 Å². The lowest BCUT2D eigenvalue weighted by molar-refractivity contribution is 0.0668. The summed E-state index contributed by atoms with van der Waals surface area (Å²) in [5.41, 5.74) is 6.27. The largest absolute Gasteiger partial charge is 0.440 e. The number of para-hydroxylation sites is 1. The first kappa shape index (κ1) is 20.3. The van der Waals surface area contributed by atoms with Crippen LogP contribution in [0.2, 0.25) is 0 Å². The van der Waals surface area contributed by atoms with E-state index in [0.717, 1.165) is 46.5 Å². The Morgan fingerprint density at radius 3 is 2.77 bits per heavy atom. The summed E-state index contributed by atoms with van der Waals surface area (Å²) in [5.74, 6) is 0.750. The zero-order valence-corrected chi connectivity index (χ0v) is 18.9. The van der Waals surface area contributed by atoms with Gasteiger partial charge in [-0.25, -0.2) is 9.37 Å². The van der Waals surface area contributed by atoms with Crippen molar-refractivity contribution in [2.24, 2.45) is 0 Å². The van der Waals surface area contributed by atoms with Gasteiger partial charge in [-0.15, -0.1) is 0 Å². The van der Waals surface area contributed by atoms with Gasteiger partial charge in [0, 0.05) is 35.6 Å². The fourth-order valence-electron chi connectivity index (χ4n) is 5.13. The number of aromatic nitrogens is 2. The first-order valence-corrected chi connectivity index (χ1v) is 11.2. The fraction of sp³-hybridized carbons (Fsp3) is 0.423. The van der Waals surface area contributed by atoms with Crippen molar-refractivity contribution in [3.63, 3.8) is 0 Å². The van der Waals surface area contributed by atoms with Crippen molar-refractivity contribution in [2.45, 2.75) is 65.2 Å². The summed E-state index contributed by atoms with van der Waals surface area (Å²) in [6, 6.07) is 12.9. The van der Waals surface area contributed by atoms with Gasteiger partial charge in [0.2, 0.25) is 0 Å². The molecule has 0 spiro atoms. The summed E-state index contributed by atoms with van der Waals surface area (Å²) in [6.45, 7) is 10.0. The number of oxazole rings is 1. The minimum absolute atomic E-state index is 0.0638. The van der Waals surface area contributed by atoms with Gasteiger partial charge in [0.05, 0.1) is 6.04 Å². The molecule has 0 amide bonds. The minimum Gasteiger partial charge on any atom is -0.440 e. The monoisotopic (exact) mass is 419 g/mol. The van der Waals surface area contributed by atoms with Crippen LogP contribution in [0.15, 0.2) is 40.8 Å². The van der Waals surface area contributed by atoms with Crippen molar-refractivity contribution in [1.82, 2.24) is 14.9 Å². The van der Waals surface area contributed by atoms with Gasteiger partial charge < -0.3 is 9.40 Å². The molecule has 0 bridgehead atoms. The van der Waals surface area contributed by atoms with Crippen molar-refractivity contribution in [3.8, 4) is 0 Å². The smallest absolute Gasteiger partial charge is 0.195 e. The van der Waals surface area contributed by atoms with E-state index in [0.29, 0.717) is 6.54 Å². The molecule has 0 aliphatic carbocycles. The molecule has 1 N–H and O–H groups in total. The van der Waals surface area contributed by atoms with Crippen LogP contribution in [0.1, 0.15) is 62.0 Å². The Labute approximate surface area is 182 Å². The first-order chi connectivity index (χ1) is 14.7. The topological polar surface area (TPSA) is 45.1 Å². The number of nitrogens with one attached hydrogen (secondary N) is 1. The second kappa shape index (κ2) is 7.20. The van der Waals surface area contributed by atoms with Crippen LogP contribution >= 0.6 is 0 Å². The standard InChI is InChI=1S/C26H30FN3O/c1-6-22-28-21-13-17(11-15(2)25(21)31-22)24-23-19(18-9-7-8-10-20(18)29-23)12-16(3)30(24)14-26(4,5)27/h7-11,13,16,24,29H,6,12,14H2,1-5H3/t16-,24?/m1/s1.